The molecular formula is C10H14N4. The maximum Gasteiger partial charge on any atom is 0.155 e. The number of nitrogens with one attached hydrogen (secondary N) is 2. The summed E-state index contributed by atoms with van der Waals surface area (Å²) in [5.41, 5.74) is 2.22. The summed E-state index contributed by atoms with van der Waals surface area (Å²) < 4.78 is 1.88. The van der Waals surface area contributed by atoms with Gasteiger partial charge >= 0.3 is 0 Å². The molecule has 1 heterocycles. The van der Waals surface area contributed by atoms with Crippen LogP contribution in [0.25, 0.3) is 10.9 Å². The summed E-state index contributed by atoms with van der Waals surface area (Å²) in [5, 5.41) is 11.8. The Morgan fingerprint density at radius 3 is 2.64 bits per heavy atom. The van der Waals surface area contributed by atoms with Gasteiger partial charge < -0.3 is 10.6 Å². The summed E-state index contributed by atoms with van der Waals surface area (Å²) in [4.78, 5) is 0. The van der Waals surface area contributed by atoms with Crippen molar-refractivity contribution in [2.24, 2.45) is 7.05 Å². The normalized spacial score (nSPS) is 10.5. The van der Waals surface area contributed by atoms with Crippen LogP contribution in [-0.2, 0) is 7.05 Å². The van der Waals surface area contributed by atoms with Gasteiger partial charge in [0.05, 0.1) is 11.2 Å². The first-order valence-electron chi connectivity index (χ1n) is 4.59. The molecule has 2 aromatic rings. The van der Waals surface area contributed by atoms with Gasteiger partial charge in [0.15, 0.2) is 5.82 Å². The lowest BCUT2D eigenvalue weighted by Gasteiger charge is -2.02. The summed E-state index contributed by atoms with van der Waals surface area (Å²) in [6, 6.07) is 6.13. The predicted molar refractivity (Wildman–Crippen MR) is 59.8 cm³/mol. The van der Waals surface area contributed by atoms with E-state index in [4.69, 9.17) is 0 Å². The largest absolute Gasteiger partial charge is 0.386 e. The Bertz CT molecular complexity index is 458. The molecule has 0 amide bonds. The lowest BCUT2D eigenvalue weighted by Crippen LogP contribution is -1.95. The molecule has 0 radical (unpaired) electrons. The second-order valence-corrected chi connectivity index (χ2v) is 3.17. The Labute approximate surface area is 82.9 Å². The number of fused-ring (bicyclic) bond motifs is 1. The number of para-hydroxylation sites is 1. The second kappa shape index (κ2) is 3.21. The number of aromatic nitrogens is 2. The van der Waals surface area contributed by atoms with Gasteiger partial charge in [-0.3, -0.25) is 4.68 Å². The highest BCUT2D eigenvalue weighted by molar-refractivity contribution is 5.98. The van der Waals surface area contributed by atoms with Crippen LogP contribution in [0.1, 0.15) is 0 Å². The first-order chi connectivity index (χ1) is 6.77. The van der Waals surface area contributed by atoms with Crippen LogP contribution in [0, 0.1) is 0 Å². The minimum absolute atomic E-state index is 0.916. The maximum atomic E-state index is 4.38. The Kier molecular flexibility index (Phi) is 2.04. The van der Waals surface area contributed by atoms with E-state index in [0.29, 0.717) is 0 Å². The molecule has 2 N–H and O–H groups in total. The molecule has 0 aliphatic carbocycles. The number of anilines is 2. The Balaban J connectivity index is 2.81. The molecule has 0 aliphatic heterocycles. The molecule has 4 heteroatoms. The number of aryl methyl sites for hydroxylation is 1. The van der Waals surface area contributed by atoms with Gasteiger partial charge in [0, 0.05) is 26.5 Å². The van der Waals surface area contributed by atoms with Crippen molar-refractivity contribution in [2.45, 2.75) is 0 Å². The summed E-state index contributed by atoms with van der Waals surface area (Å²) in [7, 11) is 5.75. The lowest BCUT2D eigenvalue weighted by molar-refractivity contribution is 0.800. The third kappa shape index (κ3) is 1.11. The van der Waals surface area contributed by atoms with Gasteiger partial charge in [0.2, 0.25) is 0 Å². The SMILES string of the molecule is CNc1nn(C)c2c(NC)cccc12. The number of nitrogens with zero attached hydrogens (tertiary/aromatic N) is 2. The van der Waals surface area contributed by atoms with E-state index in [1.54, 1.807) is 0 Å². The molecule has 0 spiro atoms. The van der Waals surface area contributed by atoms with E-state index >= 15 is 0 Å². The van der Waals surface area contributed by atoms with Crippen molar-refractivity contribution >= 4 is 22.4 Å². The summed E-state index contributed by atoms with van der Waals surface area (Å²) in [6.45, 7) is 0. The van der Waals surface area contributed by atoms with Gasteiger partial charge in [-0.15, -0.1) is 0 Å². The van der Waals surface area contributed by atoms with Crippen molar-refractivity contribution in [3.8, 4) is 0 Å². The highest BCUT2D eigenvalue weighted by atomic mass is 15.3. The highest BCUT2D eigenvalue weighted by Crippen LogP contribution is 2.27. The molecule has 0 atom stereocenters. The molecule has 0 fully saturated rings. The van der Waals surface area contributed by atoms with Gasteiger partial charge in [0.25, 0.3) is 0 Å². The zero-order valence-corrected chi connectivity index (χ0v) is 8.63. The number of hydrogen-bond acceptors (Lipinski definition) is 3. The Morgan fingerprint density at radius 2 is 2.00 bits per heavy atom. The van der Waals surface area contributed by atoms with Gasteiger partial charge in [-0.05, 0) is 12.1 Å². The molecule has 4 nitrogen and oxygen atoms in total. The predicted octanol–water partition coefficient (Wildman–Crippen LogP) is 1.66. The average Bonchev–Trinajstić information content (AvgIpc) is 2.55. The quantitative estimate of drug-likeness (QED) is 0.756. The summed E-state index contributed by atoms with van der Waals surface area (Å²) in [6.07, 6.45) is 0. The number of rotatable bonds is 2. The minimum Gasteiger partial charge on any atom is -0.386 e. The van der Waals surface area contributed by atoms with E-state index in [1.165, 1.54) is 0 Å². The van der Waals surface area contributed by atoms with Crippen molar-refractivity contribution in [2.75, 3.05) is 24.7 Å². The van der Waals surface area contributed by atoms with Crippen LogP contribution in [0.2, 0.25) is 0 Å². The number of benzene rings is 1. The molecule has 0 bridgehead atoms. The third-order valence-electron chi connectivity index (χ3n) is 2.37. The van der Waals surface area contributed by atoms with Crippen LogP contribution in [0.3, 0.4) is 0 Å². The Hall–Kier alpha value is -1.71. The summed E-state index contributed by atoms with van der Waals surface area (Å²) in [5.74, 6) is 0.916. The zero-order chi connectivity index (χ0) is 10.1. The van der Waals surface area contributed by atoms with Gasteiger partial charge in [0.1, 0.15) is 0 Å². The third-order valence-corrected chi connectivity index (χ3v) is 2.37. The average molecular weight is 190 g/mol. The first-order valence-corrected chi connectivity index (χ1v) is 4.59. The van der Waals surface area contributed by atoms with E-state index in [2.05, 4.69) is 21.8 Å². The van der Waals surface area contributed by atoms with Crippen LogP contribution in [0.4, 0.5) is 11.5 Å². The van der Waals surface area contributed by atoms with Crippen LogP contribution in [-0.4, -0.2) is 23.9 Å². The van der Waals surface area contributed by atoms with Gasteiger partial charge in [-0.1, -0.05) is 6.07 Å². The van der Waals surface area contributed by atoms with E-state index in [9.17, 15) is 0 Å². The number of hydrogen-bond donors (Lipinski definition) is 2. The minimum atomic E-state index is 0.916. The topological polar surface area (TPSA) is 41.9 Å². The van der Waals surface area contributed by atoms with Crippen molar-refractivity contribution in [3.05, 3.63) is 18.2 Å². The monoisotopic (exact) mass is 190 g/mol. The van der Waals surface area contributed by atoms with E-state index in [-0.39, 0.29) is 0 Å². The highest BCUT2D eigenvalue weighted by Gasteiger charge is 2.09. The van der Waals surface area contributed by atoms with Crippen molar-refractivity contribution in [1.29, 1.82) is 0 Å². The standard InChI is InChI=1S/C10H14N4/c1-11-8-6-4-5-7-9(8)14(3)13-10(7)12-2/h4-6,11H,1-3H3,(H,12,13). The maximum absolute atomic E-state index is 4.38. The van der Waals surface area contributed by atoms with Crippen LogP contribution in [0.15, 0.2) is 18.2 Å². The molecule has 0 unspecified atom stereocenters. The molecule has 1 aromatic heterocycles. The second-order valence-electron chi connectivity index (χ2n) is 3.17. The van der Waals surface area contributed by atoms with Crippen LogP contribution >= 0.6 is 0 Å². The smallest absolute Gasteiger partial charge is 0.155 e. The molecule has 2 rings (SSSR count). The molecule has 0 saturated carbocycles. The Morgan fingerprint density at radius 1 is 1.21 bits per heavy atom. The van der Waals surface area contributed by atoms with Gasteiger partial charge in [-0.2, -0.15) is 5.10 Å². The van der Waals surface area contributed by atoms with E-state index in [1.807, 2.05) is 38.0 Å². The molecule has 14 heavy (non-hydrogen) atoms. The zero-order valence-electron chi connectivity index (χ0n) is 8.63. The molecule has 74 valence electrons. The molecule has 1 aromatic carbocycles. The van der Waals surface area contributed by atoms with Crippen molar-refractivity contribution in [3.63, 3.8) is 0 Å². The van der Waals surface area contributed by atoms with Crippen LogP contribution in [0.5, 0.6) is 0 Å². The molecule has 0 aliphatic rings. The first kappa shape index (κ1) is 8.87. The van der Waals surface area contributed by atoms with Gasteiger partial charge in [-0.25, -0.2) is 0 Å². The fraction of sp³-hybridized carbons (Fsp3) is 0.300. The lowest BCUT2D eigenvalue weighted by atomic mass is 10.2. The van der Waals surface area contributed by atoms with E-state index in [0.717, 1.165) is 22.4 Å². The molecule has 0 saturated heterocycles. The summed E-state index contributed by atoms with van der Waals surface area (Å²) >= 11 is 0. The molecular weight excluding hydrogens is 176 g/mol. The fourth-order valence-corrected chi connectivity index (χ4v) is 1.72. The van der Waals surface area contributed by atoms with Crippen molar-refractivity contribution in [1.82, 2.24) is 9.78 Å². The fourth-order valence-electron chi connectivity index (χ4n) is 1.72. The van der Waals surface area contributed by atoms with E-state index < -0.39 is 0 Å². The van der Waals surface area contributed by atoms with Crippen LogP contribution < -0.4 is 10.6 Å². The van der Waals surface area contributed by atoms with Crippen molar-refractivity contribution < 1.29 is 0 Å².